The topological polar surface area (TPSA) is 597 Å². The Hall–Kier alpha value is -12.8. The van der Waals surface area contributed by atoms with Crippen LogP contribution < -0.4 is 70.9 Å². The molecule has 740 valence electrons. The van der Waals surface area contributed by atoms with E-state index < -0.39 is 143 Å². The number of hydrogen-bond acceptors (Lipinski definition) is 20. The van der Waals surface area contributed by atoms with Gasteiger partial charge in [0, 0.05) is 153 Å². The summed E-state index contributed by atoms with van der Waals surface area (Å²) in [4.78, 5) is 209. The lowest BCUT2D eigenvalue weighted by Gasteiger charge is -2.29. The number of Topliss-reactive ketones (excluding diaryl/α,β-unsaturated/α-hetero) is 5. The lowest BCUT2D eigenvalue weighted by Crippen LogP contribution is -2.63. The van der Waals surface area contributed by atoms with Crippen LogP contribution in [0.2, 0.25) is 0 Å². The molecule has 0 fully saturated rings. The molecule has 6 aromatic rings. The highest BCUT2D eigenvalue weighted by Crippen LogP contribution is 2.43. The number of aromatic nitrogens is 1. The maximum absolute atomic E-state index is 15.3. The summed E-state index contributed by atoms with van der Waals surface area (Å²) in [5.41, 5.74) is 18.4. The first-order valence-corrected chi connectivity index (χ1v) is 48.7. The van der Waals surface area contributed by atoms with Crippen LogP contribution in [0, 0.1) is 52.8 Å². The van der Waals surface area contributed by atoms with Crippen molar-refractivity contribution in [2.45, 2.75) is 200 Å². The van der Waals surface area contributed by atoms with Crippen LogP contribution in [0.5, 0.6) is 11.5 Å². The number of aromatic carboxylic acids is 1. The highest BCUT2D eigenvalue weighted by Gasteiger charge is 2.39. The lowest BCUT2D eigenvalue weighted by molar-refractivity contribution is -0.369. The second kappa shape index (κ2) is 57.3. The molecule has 34 nitrogen and oxygen atoms in total. The molecular weight excluding hydrogens is 1770 g/mol. The summed E-state index contributed by atoms with van der Waals surface area (Å²) in [6.45, 7) is 11.0. The standard InChI is InChI=1S/C88H108N12O17S.C14H28N2O3/c1-50(2)66(86(114)98-70(33-38-118-6)73(105)45-57(82(110)92-5)41-58-49-96-68-19-11-10-18-62(58)68)48-75(107)81(51(3)4)100-85(113)56(39-53-21-24-59(101)25-22-53)44-74(106)71(40-52-15-8-7-9-16-52)99-84(112)54(17-14-35-95-88(90)91)43-72(104)69(20-12-13-34-89)97-79(109)32-36-93-78(108)31-37-94-83(111)55-23-28-63(67(42-55)87(115)116)80-64-29-26-60(102)46-76(64)117-77-47-61(103)27-30-65(77)80;1-11(6-2-4-8-15)13(17)10-12(14(18)19)7-3-5-9-16/h7-11,15-16,18-19,21-30,42,46-47,49-51,54,56-57,66,69-71,81,96,101-102H,12-14,17,20,31-41,43-45,48,89H2,1-6H3,(H,92,110)(H,93,108)(H,94,111)(H,97,109)(H,98,114)(H,99,112)(H,100,113)(H,115,116)(H4,90,91,95);11-12H,2-10,15-16H2,1H3,(H,18,19)/p+4/t54-,56-,57-,66+,69+,70+,71+,81+;11-,12+/m10/s1. The number of unbranched alkanes of at least 4 members (excludes halogenated alkanes) is 3. The van der Waals surface area contributed by atoms with Crippen molar-refractivity contribution in [1.29, 1.82) is 5.41 Å². The second-order valence-corrected chi connectivity index (χ2v) is 36.8. The van der Waals surface area contributed by atoms with Gasteiger partial charge in [-0.25, -0.2) is 10.2 Å². The first-order valence-electron chi connectivity index (χ1n) is 47.3. The summed E-state index contributed by atoms with van der Waals surface area (Å²) in [5.74, 6) is -13.3. The Balaban J connectivity index is 0.00000120. The van der Waals surface area contributed by atoms with Gasteiger partial charge >= 0.3 is 11.9 Å². The summed E-state index contributed by atoms with van der Waals surface area (Å²) in [6.07, 6.45) is 9.07. The quantitative estimate of drug-likeness (QED) is 0.00823. The van der Waals surface area contributed by atoms with Gasteiger partial charge in [0.1, 0.15) is 28.6 Å². The summed E-state index contributed by atoms with van der Waals surface area (Å²) in [6, 6.07) is 30.3. The first kappa shape index (κ1) is 111. The molecule has 0 radical (unpaired) electrons. The van der Waals surface area contributed by atoms with E-state index in [9.17, 15) is 72.9 Å². The fourth-order valence-electron chi connectivity index (χ4n) is 16.6. The third-order valence-electron chi connectivity index (χ3n) is 24.5. The molecule has 1 aliphatic heterocycles. The molecule has 2 heterocycles. The second-order valence-electron chi connectivity index (χ2n) is 35.8. The van der Waals surface area contributed by atoms with E-state index in [1.54, 1.807) is 76.2 Å². The molecular formula is C102H140N14O20S+4. The Morgan fingerprint density at radius 1 is 0.489 bits per heavy atom. The lowest BCUT2D eigenvalue weighted by atomic mass is 9.84. The minimum atomic E-state index is -1.37. The zero-order valence-electron chi connectivity index (χ0n) is 79.8. The predicted molar refractivity (Wildman–Crippen MR) is 521 cm³/mol. The van der Waals surface area contributed by atoms with Crippen molar-refractivity contribution in [3.8, 4) is 33.9 Å². The molecule has 10 atom stereocenters. The van der Waals surface area contributed by atoms with Crippen LogP contribution in [0.1, 0.15) is 194 Å². The largest absolute Gasteiger partial charge is 0.508 e. The zero-order valence-corrected chi connectivity index (χ0v) is 80.6. The molecule has 0 unspecified atom stereocenters. The number of benzene rings is 6. The number of carbonyl (C=O) groups is 14. The van der Waals surface area contributed by atoms with Gasteiger partial charge in [-0.1, -0.05) is 101 Å². The number of aliphatic carboxylic acids is 1. The summed E-state index contributed by atoms with van der Waals surface area (Å²) < 4.78 is 5.91. The van der Waals surface area contributed by atoms with Gasteiger partial charge in [-0.05, 0) is 197 Å². The Labute approximate surface area is 802 Å². The fourth-order valence-corrected chi connectivity index (χ4v) is 17.1. The number of nitrogens with one attached hydrogen (secondary N) is 10. The number of carboxylic acid groups (broad SMARTS) is 2. The maximum Gasteiger partial charge on any atom is 0.336 e. The first-order chi connectivity index (χ1) is 65.5. The van der Waals surface area contributed by atoms with Crippen molar-refractivity contribution in [1.82, 2.24) is 47.5 Å². The van der Waals surface area contributed by atoms with Crippen molar-refractivity contribution >= 4 is 122 Å². The van der Waals surface area contributed by atoms with Crippen LogP contribution in [-0.2, 0) is 76.8 Å². The number of guanidine groups is 1. The third-order valence-corrected chi connectivity index (χ3v) is 25.2. The van der Waals surface area contributed by atoms with E-state index in [0.29, 0.717) is 59.2 Å². The molecule has 1 aromatic heterocycles. The molecule has 1 aliphatic carbocycles. The van der Waals surface area contributed by atoms with Crippen LogP contribution >= 0.6 is 11.8 Å². The molecule has 8 rings (SSSR count). The van der Waals surface area contributed by atoms with Gasteiger partial charge < -0.3 is 89.6 Å². The Morgan fingerprint density at radius 3 is 1.71 bits per heavy atom. The van der Waals surface area contributed by atoms with E-state index >= 15 is 14.4 Å². The number of para-hydroxylation sites is 1. The number of phenols is 2. The van der Waals surface area contributed by atoms with E-state index in [-0.39, 0.29) is 171 Å². The van der Waals surface area contributed by atoms with E-state index in [0.717, 1.165) is 61.7 Å². The number of carbonyl (C=O) groups excluding carboxylic acids is 12. The monoisotopic (exact) mass is 1910 g/mol. The smallest absolute Gasteiger partial charge is 0.336 e. The number of H-pyrrole nitrogens is 1. The van der Waals surface area contributed by atoms with Gasteiger partial charge in [-0.2, -0.15) is 11.8 Å². The summed E-state index contributed by atoms with van der Waals surface area (Å²) in [7, 11) is 1.51. The molecule has 0 saturated carbocycles. The highest BCUT2D eigenvalue weighted by molar-refractivity contribution is 7.98. The Morgan fingerprint density at radius 2 is 1.07 bits per heavy atom. The molecule has 26 N–H and O–H groups in total. The van der Waals surface area contributed by atoms with Crippen LogP contribution in [-0.4, -0.2) is 196 Å². The number of carboxylic acids is 2. The Kier molecular flexibility index (Phi) is 46.5. The van der Waals surface area contributed by atoms with Gasteiger partial charge in [-0.3, -0.25) is 72.9 Å². The van der Waals surface area contributed by atoms with Gasteiger partial charge in [0.05, 0.1) is 55.3 Å². The number of hydrogen-bond donors (Lipinski definition) is 18. The summed E-state index contributed by atoms with van der Waals surface area (Å²) >= 11 is 1.48. The minimum absolute atomic E-state index is 0.0266. The van der Waals surface area contributed by atoms with Crippen molar-refractivity contribution in [3.63, 3.8) is 0 Å². The average molecular weight is 1910 g/mol. The molecule has 35 heteroatoms. The molecule has 137 heavy (non-hydrogen) atoms. The SMILES string of the molecule is CNC(=O)[C@@H](CC(=O)[C@H](CCSC)NC(=O)[C@@H](CC(=O)[C@@H](NC(=O)[C@@H](CC(=O)[C@H](Cc1ccccc1)NC(=O)[C@H](CCCNC(=N)[NH3+])CC(=O)[C@H](CCCC[NH3+])NC(=O)CCNC(=O)CCNC(=O)c1ccc(-c2c3ccc(=O)cc-3oc3cc(O)ccc23)c(C(=O)O)c1)Cc1ccc(O)cc1)C(C)C)C(C)C)Cc1c[nH]c2ccccc12.C[C@@H](CCCC[NH3+])C(=O)C[C@@H](CCCC[NH3+])C(=O)O. The number of thioether (sulfide) groups is 1. The summed E-state index contributed by atoms with van der Waals surface area (Å²) in [5, 5.41) is 71.7. The average Bonchev–Trinajstić information content (AvgIpc) is 1.23. The van der Waals surface area contributed by atoms with Gasteiger partial charge in [0.2, 0.25) is 35.4 Å². The third kappa shape index (κ3) is 36.0. The number of phenolic OH excluding ortho intramolecular Hbond substituents is 2. The van der Waals surface area contributed by atoms with Crippen LogP contribution in [0.4, 0.5) is 0 Å². The van der Waals surface area contributed by atoms with Gasteiger partial charge in [-0.15, -0.1) is 0 Å². The highest BCUT2D eigenvalue weighted by atomic mass is 32.2. The maximum atomic E-state index is 15.3. The zero-order chi connectivity index (χ0) is 100. The number of aromatic hydroxyl groups is 2. The number of rotatable bonds is 60. The number of amides is 7. The molecule has 7 amide bonds. The molecule has 2 aliphatic rings. The number of quaternary nitrogens is 4. The molecule has 0 saturated heterocycles. The minimum Gasteiger partial charge on any atom is -0.508 e. The van der Waals surface area contributed by atoms with E-state index in [4.69, 9.17) is 14.9 Å². The number of aromatic amines is 1. The van der Waals surface area contributed by atoms with Gasteiger partial charge in [0.15, 0.2) is 28.6 Å². The van der Waals surface area contributed by atoms with Crippen LogP contribution in [0.15, 0.2) is 149 Å². The van der Waals surface area contributed by atoms with Gasteiger partial charge in [0.25, 0.3) is 11.9 Å². The number of fused-ring (bicyclic) bond motifs is 3. The molecule has 0 spiro atoms. The van der Waals surface area contributed by atoms with Crippen molar-refractivity contribution in [2.24, 2.45) is 47.3 Å². The van der Waals surface area contributed by atoms with E-state index in [1.165, 1.54) is 79.5 Å². The Bertz CT molecular complexity index is 5450. The fraction of sp³-hybridized carbons (Fsp3) is 0.471. The van der Waals surface area contributed by atoms with Crippen molar-refractivity contribution < 1.29 is 115 Å². The van der Waals surface area contributed by atoms with Crippen molar-refractivity contribution in [3.05, 3.63) is 178 Å². The van der Waals surface area contributed by atoms with Crippen LogP contribution in [0.3, 0.4) is 0 Å². The molecule has 5 aromatic carbocycles. The van der Waals surface area contributed by atoms with Crippen LogP contribution in [0.25, 0.3) is 44.3 Å². The normalized spacial score (nSPS) is 13.5. The number of ketones is 5. The molecule has 0 bridgehead atoms. The van der Waals surface area contributed by atoms with E-state index in [1.807, 2.05) is 43.6 Å². The van der Waals surface area contributed by atoms with Crippen molar-refractivity contribution in [2.75, 3.05) is 58.3 Å². The van der Waals surface area contributed by atoms with E-state index in [2.05, 4.69) is 70.5 Å². The predicted octanol–water partition coefficient (Wildman–Crippen LogP) is 6.63.